The summed E-state index contributed by atoms with van der Waals surface area (Å²) in [5.74, 6) is 0.688. The Kier molecular flexibility index (Phi) is 4.22. The fraction of sp³-hybridized carbons (Fsp3) is 1.00. The van der Waals surface area contributed by atoms with Crippen molar-refractivity contribution >= 4 is 0 Å². The normalized spacial score (nSPS) is 32.1. The van der Waals surface area contributed by atoms with E-state index in [4.69, 9.17) is 0 Å². The molecule has 2 fully saturated rings. The molecule has 1 heterocycles. The minimum Gasteiger partial charge on any atom is -0.390 e. The van der Waals surface area contributed by atoms with Crippen molar-refractivity contribution in [2.24, 2.45) is 5.92 Å². The summed E-state index contributed by atoms with van der Waals surface area (Å²) in [5, 5.41) is 13.3. The van der Waals surface area contributed by atoms with Gasteiger partial charge in [0, 0.05) is 31.7 Å². The maximum Gasteiger partial charge on any atom is 0.0831 e. The Hall–Kier alpha value is -0.120. The van der Waals surface area contributed by atoms with E-state index in [0.29, 0.717) is 12.0 Å². The second-order valence-electron chi connectivity index (χ2n) is 5.82. The van der Waals surface area contributed by atoms with Gasteiger partial charge >= 0.3 is 0 Å². The quantitative estimate of drug-likeness (QED) is 0.756. The largest absolute Gasteiger partial charge is 0.390 e. The van der Waals surface area contributed by atoms with Crippen molar-refractivity contribution in [1.82, 2.24) is 10.2 Å². The Labute approximate surface area is 99.2 Å². The molecule has 2 aliphatic rings. The highest BCUT2D eigenvalue weighted by Crippen LogP contribution is 2.27. The summed E-state index contributed by atoms with van der Waals surface area (Å²) in [7, 11) is 0. The molecular formula is C13H26N2O. The Morgan fingerprint density at radius 2 is 1.94 bits per heavy atom. The van der Waals surface area contributed by atoms with E-state index < -0.39 is 0 Å². The third kappa shape index (κ3) is 2.76. The minimum absolute atomic E-state index is 0.167. The molecule has 1 saturated carbocycles. The predicted molar refractivity (Wildman–Crippen MR) is 66.5 cm³/mol. The van der Waals surface area contributed by atoms with Gasteiger partial charge in [0.25, 0.3) is 0 Å². The van der Waals surface area contributed by atoms with Crippen LogP contribution in [0.15, 0.2) is 0 Å². The van der Waals surface area contributed by atoms with Crippen molar-refractivity contribution in [3.8, 4) is 0 Å². The summed E-state index contributed by atoms with van der Waals surface area (Å²) >= 11 is 0. The zero-order chi connectivity index (χ0) is 11.5. The molecule has 2 unspecified atom stereocenters. The molecule has 3 nitrogen and oxygen atoms in total. The molecule has 0 radical (unpaired) electrons. The molecule has 2 atom stereocenters. The highest BCUT2D eigenvalue weighted by Gasteiger charge is 2.35. The first kappa shape index (κ1) is 12.3. The van der Waals surface area contributed by atoms with E-state index >= 15 is 0 Å². The van der Waals surface area contributed by atoms with Crippen LogP contribution in [0.25, 0.3) is 0 Å². The maximum atomic E-state index is 10.0. The molecule has 0 bridgehead atoms. The van der Waals surface area contributed by atoms with E-state index in [1.165, 1.54) is 25.7 Å². The van der Waals surface area contributed by atoms with E-state index in [0.717, 1.165) is 25.7 Å². The molecule has 94 valence electrons. The van der Waals surface area contributed by atoms with Gasteiger partial charge in [0.15, 0.2) is 0 Å². The van der Waals surface area contributed by atoms with Gasteiger partial charge in [-0.2, -0.15) is 0 Å². The molecule has 0 amide bonds. The minimum atomic E-state index is -0.167. The van der Waals surface area contributed by atoms with Crippen molar-refractivity contribution in [3.05, 3.63) is 0 Å². The van der Waals surface area contributed by atoms with Crippen LogP contribution in [0.1, 0.15) is 39.5 Å². The van der Waals surface area contributed by atoms with E-state index in [9.17, 15) is 5.11 Å². The van der Waals surface area contributed by atoms with Gasteiger partial charge in [-0.05, 0) is 18.8 Å². The maximum absolute atomic E-state index is 10.0. The summed E-state index contributed by atoms with van der Waals surface area (Å²) in [4.78, 5) is 2.59. The van der Waals surface area contributed by atoms with E-state index in [-0.39, 0.29) is 6.10 Å². The highest BCUT2D eigenvalue weighted by molar-refractivity contribution is 4.93. The lowest BCUT2D eigenvalue weighted by Gasteiger charge is -2.36. The lowest BCUT2D eigenvalue weighted by Crippen LogP contribution is -2.49. The topological polar surface area (TPSA) is 35.5 Å². The number of hydrogen-bond donors (Lipinski definition) is 2. The number of rotatable bonds is 4. The summed E-state index contributed by atoms with van der Waals surface area (Å²) < 4.78 is 0. The molecular weight excluding hydrogens is 200 g/mol. The predicted octanol–water partition coefficient (Wildman–Crippen LogP) is 1.22. The number of nitrogens with one attached hydrogen (secondary N) is 1. The molecule has 16 heavy (non-hydrogen) atoms. The summed E-state index contributed by atoms with van der Waals surface area (Å²) in [6.45, 7) is 7.41. The van der Waals surface area contributed by atoms with Crippen LogP contribution in [-0.2, 0) is 0 Å². The zero-order valence-electron chi connectivity index (χ0n) is 10.7. The van der Waals surface area contributed by atoms with Gasteiger partial charge in [-0.25, -0.2) is 0 Å². The lowest BCUT2D eigenvalue weighted by atomic mass is 10.0. The molecule has 1 saturated heterocycles. The van der Waals surface area contributed by atoms with Gasteiger partial charge in [0.05, 0.1) is 6.10 Å². The fourth-order valence-electron chi connectivity index (χ4n) is 3.20. The van der Waals surface area contributed by atoms with Crippen LogP contribution >= 0.6 is 0 Å². The number of β-amino-alcohol motifs (C(OH)–C–C–N with tert-alkyl or cyclic N) is 1. The van der Waals surface area contributed by atoms with Crippen molar-refractivity contribution in [3.63, 3.8) is 0 Å². The van der Waals surface area contributed by atoms with Crippen LogP contribution < -0.4 is 5.32 Å². The van der Waals surface area contributed by atoms with Crippen LogP contribution in [0.5, 0.6) is 0 Å². The first-order chi connectivity index (χ1) is 7.68. The average molecular weight is 226 g/mol. The second-order valence-corrected chi connectivity index (χ2v) is 5.82. The van der Waals surface area contributed by atoms with Gasteiger partial charge < -0.3 is 10.4 Å². The molecule has 3 heteroatoms. The molecule has 2 rings (SSSR count). The van der Waals surface area contributed by atoms with Gasteiger partial charge in [-0.15, -0.1) is 0 Å². The van der Waals surface area contributed by atoms with E-state index in [1.807, 2.05) is 0 Å². The Balaban J connectivity index is 2.00. The SMILES string of the molecule is CC(C)CN(C1CCCC1)C1CNCC1O. The summed E-state index contributed by atoms with van der Waals surface area (Å²) in [6, 6.07) is 1.08. The first-order valence-corrected chi connectivity index (χ1v) is 6.83. The third-order valence-electron chi connectivity index (χ3n) is 3.95. The molecule has 0 aromatic carbocycles. The summed E-state index contributed by atoms with van der Waals surface area (Å²) in [5.41, 5.74) is 0. The first-order valence-electron chi connectivity index (χ1n) is 6.83. The van der Waals surface area contributed by atoms with E-state index in [1.54, 1.807) is 0 Å². The van der Waals surface area contributed by atoms with Crippen LogP contribution in [0.2, 0.25) is 0 Å². The molecule has 0 aromatic heterocycles. The zero-order valence-corrected chi connectivity index (χ0v) is 10.7. The molecule has 2 N–H and O–H groups in total. The van der Waals surface area contributed by atoms with Crippen LogP contribution in [0.4, 0.5) is 0 Å². The fourth-order valence-corrected chi connectivity index (χ4v) is 3.20. The third-order valence-corrected chi connectivity index (χ3v) is 3.95. The van der Waals surface area contributed by atoms with Crippen molar-refractivity contribution in [1.29, 1.82) is 0 Å². The Morgan fingerprint density at radius 1 is 1.25 bits per heavy atom. The molecule has 1 aliphatic carbocycles. The Bertz CT molecular complexity index is 214. The van der Waals surface area contributed by atoms with Crippen molar-refractivity contribution in [2.75, 3.05) is 19.6 Å². The monoisotopic (exact) mass is 226 g/mol. The smallest absolute Gasteiger partial charge is 0.0831 e. The molecule has 1 aliphatic heterocycles. The van der Waals surface area contributed by atoms with E-state index in [2.05, 4.69) is 24.1 Å². The highest BCUT2D eigenvalue weighted by atomic mass is 16.3. The van der Waals surface area contributed by atoms with Gasteiger partial charge in [0.2, 0.25) is 0 Å². The second kappa shape index (κ2) is 5.48. The van der Waals surface area contributed by atoms with Gasteiger partial charge in [-0.3, -0.25) is 4.90 Å². The van der Waals surface area contributed by atoms with Gasteiger partial charge in [-0.1, -0.05) is 26.7 Å². The van der Waals surface area contributed by atoms with Crippen molar-refractivity contribution < 1.29 is 5.11 Å². The molecule has 0 spiro atoms. The van der Waals surface area contributed by atoms with Gasteiger partial charge in [0.1, 0.15) is 0 Å². The summed E-state index contributed by atoms with van der Waals surface area (Å²) in [6.07, 6.45) is 5.23. The number of aliphatic hydroxyl groups excluding tert-OH is 1. The number of hydrogen-bond acceptors (Lipinski definition) is 3. The Morgan fingerprint density at radius 3 is 2.44 bits per heavy atom. The lowest BCUT2D eigenvalue weighted by molar-refractivity contribution is 0.0469. The average Bonchev–Trinajstić information content (AvgIpc) is 2.84. The standard InChI is InChI=1S/C13H26N2O/c1-10(2)9-15(11-5-3-4-6-11)12-7-14-8-13(12)16/h10-14,16H,3-9H2,1-2H3. The van der Waals surface area contributed by atoms with Crippen LogP contribution in [0.3, 0.4) is 0 Å². The van der Waals surface area contributed by atoms with Crippen LogP contribution in [0, 0.1) is 5.92 Å². The molecule has 0 aromatic rings. The number of nitrogens with zero attached hydrogens (tertiary/aromatic N) is 1. The van der Waals surface area contributed by atoms with Crippen molar-refractivity contribution in [2.45, 2.75) is 57.7 Å². The number of aliphatic hydroxyl groups is 1. The van der Waals surface area contributed by atoms with Crippen LogP contribution in [-0.4, -0.2) is 47.8 Å².